The number of hydrogen-bond acceptors (Lipinski definition) is 3. The van der Waals surface area contributed by atoms with Gasteiger partial charge in [-0.25, -0.2) is 0 Å². The molecule has 0 aromatic heterocycles. The van der Waals surface area contributed by atoms with Crippen LogP contribution in [0.1, 0.15) is 42.1 Å². The Morgan fingerprint density at radius 3 is 2.58 bits per heavy atom. The molecule has 102 valence electrons. The summed E-state index contributed by atoms with van der Waals surface area (Å²) < 4.78 is 11.2. The molecule has 1 aromatic rings. The Morgan fingerprint density at radius 2 is 2.00 bits per heavy atom. The van der Waals surface area contributed by atoms with E-state index in [2.05, 4.69) is 6.58 Å². The standard InChI is InChI=1S/C16H20O3/c1-12(11-19-16-5-3-4-10-18-16)14-6-8-15(9-7-14)13(2)17/h6-9,16H,1,3-5,10-11H2,2H3. The molecule has 0 amide bonds. The van der Waals surface area contributed by atoms with E-state index >= 15 is 0 Å². The number of hydrogen-bond donors (Lipinski definition) is 0. The fourth-order valence-electron chi connectivity index (χ4n) is 2.06. The number of carbonyl (C=O) groups excluding carboxylic acids is 1. The minimum Gasteiger partial charge on any atom is -0.353 e. The molecule has 1 saturated heterocycles. The molecule has 3 nitrogen and oxygen atoms in total. The van der Waals surface area contributed by atoms with E-state index in [-0.39, 0.29) is 12.1 Å². The molecule has 1 aliphatic rings. The molecule has 0 aliphatic carbocycles. The Labute approximate surface area is 114 Å². The maximum atomic E-state index is 11.2. The highest BCUT2D eigenvalue weighted by molar-refractivity contribution is 5.94. The minimum absolute atomic E-state index is 0.0732. The van der Waals surface area contributed by atoms with Crippen molar-refractivity contribution in [2.75, 3.05) is 13.2 Å². The summed E-state index contributed by atoms with van der Waals surface area (Å²) in [5.74, 6) is 0.0732. The lowest BCUT2D eigenvalue weighted by Gasteiger charge is -2.23. The van der Waals surface area contributed by atoms with Crippen molar-refractivity contribution in [3.05, 3.63) is 42.0 Å². The number of Topliss-reactive ketones (excluding diaryl/α,β-unsaturated/α-hetero) is 1. The molecule has 0 N–H and O–H groups in total. The van der Waals surface area contributed by atoms with Gasteiger partial charge >= 0.3 is 0 Å². The van der Waals surface area contributed by atoms with Crippen LogP contribution in [0.3, 0.4) is 0 Å². The summed E-state index contributed by atoms with van der Waals surface area (Å²) in [5.41, 5.74) is 2.62. The summed E-state index contributed by atoms with van der Waals surface area (Å²) in [6, 6.07) is 7.45. The molecule has 0 spiro atoms. The van der Waals surface area contributed by atoms with Crippen molar-refractivity contribution in [1.29, 1.82) is 0 Å². The predicted octanol–water partition coefficient (Wildman–Crippen LogP) is 3.45. The monoisotopic (exact) mass is 260 g/mol. The first-order valence-electron chi connectivity index (χ1n) is 6.69. The van der Waals surface area contributed by atoms with E-state index in [0.717, 1.165) is 37.0 Å². The molecule has 1 atom stereocenters. The van der Waals surface area contributed by atoms with Gasteiger partial charge in [-0.15, -0.1) is 0 Å². The highest BCUT2D eigenvalue weighted by Crippen LogP contribution is 2.18. The lowest BCUT2D eigenvalue weighted by Crippen LogP contribution is -2.22. The fourth-order valence-corrected chi connectivity index (χ4v) is 2.06. The third kappa shape index (κ3) is 4.01. The zero-order valence-corrected chi connectivity index (χ0v) is 11.4. The van der Waals surface area contributed by atoms with Gasteiger partial charge in [0.15, 0.2) is 12.1 Å². The minimum atomic E-state index is -0.0954. The van der Waals surface area contributed by atoms with Crippen LogP contribution in [0.4, 0.5) is 0 Å². The number of rotatable bonds is 5. The van der Waals surface area contributed by atoms with E-state index in [1.165, 1.54) is 0 Å². The molecule has 19 heavy (non-hydrogen) atoms. The summed E-state index contributed by atoms with van der Waals surface area (Å²) in [5, 5.41) is 0. The molecule has 0 saturated carbocycles. The van der Waals surface area contributed by atoms with Crippen LogP contribution in [0.2, 0.25) is 0 Å². The van der Waals surface area contributed by atoms with Gasteiger partial charge < -0.3 is 9.47 Å². The van der Waals surface area contributed by atoms with Crippen LogP contribution in [-0.4, -0.2) is 25.3 Å². The third-order valence-electron chi connectivity index (χ3n) is 3.28. The number of ether oxygens (including phenoxy) is 2. The maximum absolute atomic E-state index is 11.2. The van der Waals surface area contributed by atoms with Crippen molar-refractivity contribution in [3.63, 3.8) is 0 Å². The molecule has 1 aliphatic heterocycles. The molecule has 1 heterocycles. The quantitative estimate of drug-likeness (QED) is 0.761. The summed E-state index contributed by atoms with van der Waals surface area (Å²) >= 11 is 0. The number of ketones is 1. The van der Waals surface area contributed by atoms with E-state index in [1.54, 1.807) is 6.92 Å². The zero-order chi connectivity index (χ0) is 13.7. The van der Waals surface area contributed by atoms with E-state index < -0.39 is 0 Å². The van der Waals surface area contributed by atoms with Crippen molar-refractivity contribution in [2.45, 2.75) is 32.5 Å². The largest absolute Gasteiger partial charge is 0.353 e. The summed E-state index contributed by atoms with van der Waals surface area (Å²) in [6.45, 7) is 6.83. The molecular weight excluding hydrogens is 240 g/mol. The Kier molecular flexibility index (Phi) is 4.88. The van der Waals surface area contributed by atoms with Gasteiger partial charge in [-0.3, -0.25) is 4.79 Å². The lowest BCUT2D eigenvalue weighted by molar-refractivity contribution is -0.154. The second kappa shape index (κ2) is 6.64. The Balaban J connectivity index is 1.86. The SMILES string of the molecule is C=C(COC1CCCCO1)c1ccc(C(C)=O)cc1. The van der Waals surface area contributed by atoms with Gasteiger partial charge in [0.2, 0.25) is 0 Å². The van der Waals surface area contributed by atoms with Crippen molar-refractivity contribution in [1.82, 2.24) is 0 Å². The fraction of sp³-hybridized carbons (Fsp3) is 0.438. The first-order chi connectivity index (χ1) is 9.16. The topological polar surface area (TPSA) is 35.5 Å². The first-order valence-corrected chi connectivity index (χ1v) is 6.69. The van der Waals surface area contributed by atoms with Crippen LogP contribution in [-0.2, 0) is 9.47 Å². The molecular formula is C16H20O3. The van der Waals surface area contributed by atoms with Gasteiger partial charge in [0.05, 0.1) is 6.61 Å². The summed E-state index contributed by atoms with van der Waals surface area (Å²) in [4.78, 5) is 11.2. The van der Waals surface area contributed by atoms with Gasteiger partial charge in [0.1, 0.15) is 0 Å². The lowest BCUT2D eigenvalue weighted by atomic mass is 10.0. The van der Waals surface area contributed by atoms with Crippen LogP contribution in [0, 0.1) is 0 Å². The Morgan fingerprint density at radius 1 is 1.32 bits per heavy atom. The van der Waals surface area contributed by atoms with Crippen molar-refractivity contribution >= 4 is 11.4 Å². The van der Waals surface area contributed by atoms with E-state index in [0.29, 0.717) is 12.2 Å². The van der Waals surface area contributed by atoms with Crippen LogP contribution < -0.4 is 0 Å². The molecule has 1 aromatic carbocycles. The first kappa shape index (κ1) is 14.0. The highest BCUT2D eigenvalue weighted by Gasteiger charge is 2.14. The highest BCUT2D eigenvalue weighted by atomic mass is 16.7. The smallest absolute Gasteiger partial charge is 0.159 e. The Bertz CT molecular complexity index is 442. The Hall–Kier alpha value is -1.45. The van der Waals surface area contributed by atoms with Gasteiger partial charge in [0.25, 0.3) is 0 Å². The normalized spacial score (nSPS) is 19.1. The van der Waals surface area contributed by atoms with Crippen LogP contribution >= 0.6 is 0 Å². The van der Waals surface area contributed by atoms with E-state index in [4.69, 9.17) is 9.47 Å². The van der Waals surface area contributed by atoms with Gasteiger partial charge in [-0.2, -0.15) is 0 Å². The average molecular weight is 260 g/mol. The molecule has 0 bridgehead atoms. The van der Waals surface area contributed by atoms with Crippen LogP contribution in [0.15, 0.2) is 30.8 Å². The third-order valence-corrected chi connectivity index (χ3v) is 3.28. The van der Waals surface area contributed by atoms with Gasteiger partial charge in [0, 0.05) is 12.2 Å². The van der Waals surface area contributed by atoms with Crippen molar-refractivity contribution < 1.29 is 14.3 Å². The molecule has 1 unspecified atom stereocenters. The molecule has 3 heteroatoms. The van der Waals surface area contributed by atoms with Crippen molar-refractivity contribution in [2.24, 2.45) is 0 Å². The summed E-state index contributed by atoms with van der Waals surface area (Å²) in [7, 11) is 0. The zero-order valence-electron chi connectivity index (χ0n) is 11.4. The van der Waals surface area contributed by atoms with Gasteiger partial charge in [-0.05, 0) is 37.3 Å². The predicted molar refractivity (Wildman–Crippen MR) is 75.0 cm³/mol. The van der Waals surface area contributed by atoms with Crippen LogP contribution in [0.25, 0.3) is 5.57 Å². The number of benzene rings is 1. The number of carbonyl (C=O) groups is 1. The van der Waals surface area contributed by atoms with E-state index in [9.17, 15) is 4.79 Å². The average Bonchev–Trinajstić information content (AvgIpc) is 2.46. The molecule has 0 radical (unpaired) electrons. The second-order valence-electron chi connectivity index (χ2n) is 4.84. The summed E-state index contributed by atoms with van der Waals surface area (Å²) in [6.07, 6.45) is 3.14. The van der Waals surface area contributed by atoms with Crippen LogP contribution in [0.5, 0.6) is 0 Å². The van der Waals surface area contributed by atoms with E-state index in [1.807, 2.05) is 24.3 Å². The molecule has 1 fully saturated rings. The van der Waals surface area contributed by atoms with Crippen molar-refractivity contribution in [3.8, 4) is 0 Å². The maximum Gasteiger partial charge on any atom is 0.159 e. The second-order valence-corrected chi connectivity index (χ2v) is 4.84. The molecule has 2 rings (SSSR count). The van der Waals surface area contributed by atoms with Gasteiger partial charge in [-0.1, -0.05) is 30.8 Å².